The highest BCUT2D eigenvalue weighted by atomic mass is 16.3. The molecular formula is C11H16N2O. The van der Waals surface area contributed by atoms with E-state index in [1.165, 1.54) is 0 Å². The number of aliphatic hydroxyl groups is 1. The number of aryl methyl sites for hydroxylation is 2. The summed E-state index contributed by atoms with van der Waals surface area (Å²) in [6.45, 7) is 3.98. The Balaban J connectivity index is 2.29. The molecule has 3 N–H and O–H groups in total. The molecule has 0 aliphatic heterocycles. The third-order valence-electron chi connectivity index (χ3n) is 3.08. The smallest absolute Gasteiger partial charge is 0.0941 e. The molecule has 0 atom stereocenters. The molecule has 0 saturated heterocycles. The van der Waals surface area contributed by atoms with Crippen molar-refractivity contribution in [2.45, 2.75) is 38.3 Å². The van der Waals surface area contributed by atoms with Gasteiger partial charge in [-0.1, -0.05) is 0 Å². The van der Waals surface area contributed by atoms with E-state index >= 15 is 0 Å². The Hall–Kier alpha value is -0.930. The van der Waals surface area contributed by atoms with Crippen molar-refractivity contribution < 1.29 is 5.11 Å². The van der Waals surface area contributed by atoms with Crippen molar-refractivity contribution in [2.24, 2.45) is 5.73 Å². The van der Waals surface area contributed by atoms with Crippen LogP contribution in [0.15, 0.2) is 12.3 Å². The van der Waals surface area contributed by atoms with E-state index in [0.29, 0.717) is 12.8 Å². The second-order valence-electron chi connectivity index (χ2n) is 4.33. The fourth-order valence-corrected chi connectivity index (χ4v) is 1.94. The molecule has 0 unspecified atom stereocenters. The molecule has 3 heteroatoms. The molecule has 1 heterocycles. The van der Waals surface area contributed by atoms with Gasteiger partial charge in [-0.3, -0.25) is 4.98 Å². The topological polar surface area (TPSA) is 59.1 Å². The van der Waals surface area contributed by atoms with Crippen molar-refractivity contribution in [3.8, 4) is 0 Å². The van der Waals surface area contributed by atoms with Gasteiger partial charge in [-0.25, -0.2) is 0 Å². The summed E-state index contributed by atoms with van der Waals surface area (Å²) in [6.07, 6.45) is 3.06. The number of hydrogen-bond donors (Lipinski definition) is 2. The van der Waals surface area contributed by atoms with Crippen LogP contribution in [0.2, 0.25) is 0 Å². The molecule has 0 radical (unpaired) electrons. The van der Waals surface area contributed by atoms with Crippen LogP contribution in [0.5, 0.6) is 0 Å². The predicted octanol–water partition coefficient (Wildman–Crippen LogP) is 1.01. The molecule has 0 spiro atoms. The maximum absolute atomic E-state index is 10.1. The zero-order chi connectivity index (χ0) is 10.3. The summed E-state index contributed by atoms with van der Waals surface area (Å²) in [5.41, 5.74) is 8.00. The Morgan fingerprint density at radius 3 is 2.64 bits per heavy atom. The van der Waals surface area contributed by atoms with Crippen molar-refractivity contribution in [2.75, 3.05) is 0 Å². The first-order valence-corrected chi connectivity index (χ1v) is 4.93. The second kappa shape index (κ2) is 3.04. The third kappa shape index (κ3) is 1.42. The van der Waals surface area contributed by atoms with Gasteiger partial charge in [-0.2, -0.15) is 0 Å². The molecule has 14 heavy (non-hydrogen) atoms. The van der Waals surface area contributed by atoms with Crippen LogP contribution in [0.1, 0.15) is 29.7 Å². The van der Waals surface area contributed by atoms with E-state index in [-0.39, 0.29) is 6.04 Å². The molecule has 0 amide bonds. The lowest BCUT2D eigenvalue weighted by Crippen LogP contribution is -2.49. The molecule has 1 aliphatic carbocycles. The molecule has 0 aromatic carbocycles. The van der Waals surface area contributed by atoms with Crippen molar-refractivity contribution in [1.82, 2.24) is 4.98 Å². The third-order valence-corrected chi connectivity index (χ3v) is 3.08. The largest absolute Gasteiger partial charge is 0.385 e. The molecule has 76 valence electrons. The molecule has 1 aliphatic rings. The number of pyridine rings is 1. The summed E-state index contributed by atoms with van der Waals surface area (Å²) < 4.78 is 0. The Bertz CT molecular complexity index is 356. The zero-order valence-corrected chi connectivity index (χ0v) is 8.62. The Morgan fingerprint density at radius 2 is 2.14 bits per heavy atom. The molecule has 2 rings (SSSR count). The average Bonchev–Trinajstić information content (AvgIpc) is 2.07. The molecule has 1 aromatic rings. The molecule has 1 aromatic heterocycles. The van der Waals surface area contributed by atoms with Crippen LogP contribution in [0.4, 0.5) is 0 Å². The SMILES string of the molecule is Cc1cc(C2(O)CC(N)C2)cnc1C. The first-order chi connectivity index (χ1) is 6.51. The van der Waals surface area contributed by atoms with Crippen LogP contribution >= 0.6 is 0 Å². The molecule has 3 nitrogen and oxygen atoms in total. The first-order valence-electron chi connectivity index (χ1n) is 4.93. The fourth-order valence-electron chi connectivity index (χ4n) is 1.94. The van der Waals surface area contributed by atoms with Crippen LogP contribution in [0, 0.1) is 13.8 Å². The van der Waals surface area contributed by atoms with Gasteiger partial charge in [-0.15, -0.1) is 0 Å². The minimum absolute atomic E-state index is 0.140. The lowest BCUT2D eigenvalue weighted by molar-refractivity contribution is -0.0526. The minimum Gasteiger partial charge on any atom is -0.385 e. The molecule has 1 saturated carbocycles. The Kier molecular flexibility index (Phi) is 2.09. The highest BCUT2D eigenvalue weighted by molar-refractivity contribution is 5.29. The van der Waals surface area contributed by atoms with Crippen molar-refractivity contribution in [3.05, 3.63) is 29.1 Å². The molecule has 1 fully saturated rings. The fraction of sp³-hybridized carbons (Fsp3) is 0.545. The summed E-state index contributed by atoms with van der Waals surface area (Å²) in [5, 5.41) is 10.1. The van der Waals surface area contributed by atoms with Crippen LogP contribution in [-0.2, 0) is 5.60 Å². The number of nitrogens with two attached hydrogens (primary N) is 1. The quantitative estimate of drug-likeness (QED) is 0.698. The van der Waals surface area contributed by atoms with Crippen molar-refractivity contribution in [1.29, 1.82) is 0 Å². The van der Waals surface area contributed by atoms with Gasteiger partial charge in [0.05, 0.1) is 5.60 Å². The van der Waals surface area contributed by atoms with Crippen LogP contribution in [0.25, 0.3) is 0 Å². The van der Waals surface area contributed by atoms with Crippen molar-refractivity contribution in [3.63, 3.8) is 0 Å². The summed E-state index contributed by atoms with van der Waals surface area (Å²) in [6, 6.07) is 2.15. The maximum Gasteiger partial charge on any atom is 0.0941 e. The van der Waals surface area contributed by atoms with Crippen molar-refractivity contribution >= 4 is 0 Å². The lowest BCUT2D eigenvalue weighted by atomic mass is 9.72. The van der Waals surface area contributed by atoms with Crippen LogP contribution in [-0.4, -0.2) is 16.1 Å². The van der Waals surface area contributed by atoms with E-state index in [1.54, 1.807) is 6.20 Å². The van der Waals surface area contributed by atoms with E-state index < -0.39 is 5.60 Å². The average molecular weight is 192 g/mol. The van der Waals surface area contributed by atoms with E-state index in [0.717, 1.165) is 16.8 Å². The standard InChI is InChI=1S/C11H16N2O/c1-7-3-9(6-13-8(7)2)11(14)4-10(12)5-11/h3,6,10,14H,4-5,12H2,1-2H3. The van der Waals surface area contributed by atoms with Gasteiger partial charge in [0.1, 0.15) is 0 Å². The number of hydrogen-bond acceptors (Lipinski definition) is 3. The van der Waals surface area contributed by atoms with E-state index in [2.05, 4.69) is 4.98 Å². The lowest BCUT2D eigenvalue weighted by Gasteiger charge is -2.42. The Labute approximate surface area is 84.0 Å². The Morgan fingerprint density at radius 1 is 1.50 bits per heavy atom. The van der Waals surface area contributed by atoms with Gasteiger partial charge >= 0.3 is 0 Å². The van der Waals surface area contributed by atoms with Gasteiger partial charge < -0.3 is 10.8 Å². The van der Waals surface area contributed by atoms with Crippen LogP contribution in [0.3, 0.4) is 0 Å². The van der Waals surface area contributed by atoms with Gasteiger partial charge in [0.2, 0.25) is 0 Å². The van der Waals surface area contributed by atoms with Gasteiger partial charge in [0.25, 0.3) is 0 Å². The zero-order valence-electron chi connectivity index (χ0n) is 8.62. The van der Waals surface area contributed by atoms with Gasteiger partial charge in [-0.05, 0) is 38.3 Å². The van der Waals surface area contributed by atoms with E-state index in [4.69, 9.17) is 5.73 Å². The molecule has 0 bridgehead atoms. The van der Waals surface area contributed by atoms with Crippen LogP contribution < -0.4 is 5.73 Å². The van der Waals surface area contributed by atoms with E-state index in [1.807, 2.05) is 19.9 Å². The van der Waals surface area contributed by atoms with E-state index in [9.17, 15) is 5.11 Å². The number of aromatic nitrogens is 1. The predicted molar refractivity (Wildman–Crippen MR) is 54.8 cm³/mol. The summed E-state index contributed by atoms with van der Waals surface area (Å²) in [4.78, 5) is 4.25. The normalized spacial score (nSPS) is 31.3. The second-order valence-corrected chi connectivity index (χ2v) is 4.33. The number of rotatable bonds is 1. The molecular weight excluding hydrogens is 176 g/mol. The minimum atomic E-state index is -0.717. The monoisotopic (exact) mass is 192 g/mol. The highest BCUT2D eigenvalue weighted by Gasteiger charge is 2.42. The number of nitrogens with zero attached hydrogens (tertiary/aromatic N) is 1. The maximum atomic E-state index is 10.1. The summed E-state index contributed by atoms with van der Waals surface area (Å²) in [7, 11) is 0. The van der Waals surface area contributed by atoms with Gasteiger partial charge in [0.15, 0.2) is 0 Å². The first kappa shape index (κ1) is 9.62. The summed E-state index contributed by atoms with van der Waals surface area (Å²) in [5.74, 6) is 0. The van der Waals surface area contributed by atoms with Gasteiger partial charge in [0, 0.05) is 23.5 Å². The highest BCUT2D eigenvalue weighted by Crippen LogP contribution is 2.40. The summed E-state index contributed by atoms with van der Waals surface area (Å²) >= 11 is 0.